The first kappa shape index (κ1) is 16.8. The molecule has 3 aromatic rings. The monoisotopic (exact) mass is 364 g/mol. The van der Waals surface area contributed by atoms with Crippen molar-refractivity contribution in [3.8, 4) is 10.6 Å². The van der Waals surface area contributed by atoms with Crippen molar-refractivity contribution in [1.29, 1.82) is 0 Å². The molecule has 0 atom stereocenters. The van der Waals surface area contributed by atoms with E-state index in [1.165, 1.54) is 11.3 Å². The Kier molecular flexibility index (Phi) is 4.75. The van der Waals surface area contributed by atoms with E-state index in [2.05, 4.69) is 15.2 Å². The highest BCUT2D eigenvalue weighted by Gasteiger charge is 2.31. The molecule has 0 saturated heterocycles. The van der Waals surface area contributed by atoms with Crippen LogP contribution in [0.25, 0.3) is 10.6 Å². The van der Waals surface area contributed by atoms with Gasteiger partial charge in [-0.25, -0.2) is 0 Å². The second-order valence-corrected chi connectivity index (χ2v) is 7.56. The van der Waals surface area contributed by atoms with E-state index in [1.54, 1.807) is 12.4 Å². The van der Waals surface area contributed by atoms with Crippen molar-refractivity contribution >= 4 is 22.4 Å². The standard InChI is InChI=1S/C20H20N4OS/c1-14-6-8-16(9-7-14)19(25)24(17-4-2-3-5-17)20-23-22-18(26-20)15-10-12-21-13-11-15/h6-13,17H,2-5H2,1H3. The van der Waals surface area contributed by atoms with Gasteiger partial charge in [-0.2, -0.15) is 0 Å². The zero-order chi connectivity index (χ0) is 17.9. The lowest BCUT2D eigenvalue weighted by Gasteiger charge is -2.26. The van der Waals surface area contributed by atoms with Gasteiger partial charge in [0.25, 0.3) is 5.91 Å². The summed E-state index contributed by atoms with van der Waals surface area (Å²) in [5, 5.41) is 10.2. The molecule has 5 nitrogen and oxygen atoms in total. The molecule has 1 aromatic carbocycles. The molecule has 6 heteroatoms. The van der Waals surface area contributed by atoms with Crippen LogP contribution in [0.1, 0.15) is 41.6 Å². The van der Waals surface area contributed by atoms with E-state index in [4.69, 9.17) is 0 Å². The topological polar surface area (TPSA) is 59.0 Å². The molecule has 2 aromatic heterocycles. The van der Waals surface area contributed by atoms with Crippen molar-refractivity contribution in [2.24, 2.45) is 0 Å². The third kappa shape index (κ3) is 3.37. The Hall–Kier alpha value is -2.60. The van der Waals surface area contributed by atoms with Crippen molar-refractivity contribution in [3.63, 3.8) is 0 Å². The highest BCUT2D eigenvalue weighted by Crippen LogP contribution is 2.34. The van der Waals surface area contributed by atoms with Crippen molar-refractivity contribution < 1.29 is 4.79 Å². The normalized spacial score (nSPS) is 14.5. The third-order valence-corrected chi connectivity index (χ3v) is 5.73. The number of benzene rings is 1. The summed E-state index contributed by atoms with van der Waals surface area (Å²) in [6, 6.07) is 11.7. The number of nitrogens with zero attached hydrogens (tertiary/aromatic N) is 4. The van der Waals surface area contributed by atoms with Crippen LogP contribution in [0, 0.1) is 6.92 Å². The average Bonchev–Trinajstić information content (AvgIpc) is 3.36. The predicted molar refractivity (Wildman–Crippen MR) is 103 cm³/mol. The van der Waals surface area contributed by atoms with Crippen molar-refractivity contribution in [2.45, 2.75) is 38.6 Å². The van der Waals surface area contributed by atoms with Crippen molar-refractivity contribution in [2.75, 3.05) is 4.90 Å². The Bertz CT molecular complexity index is 886. The summed E-state index contributed by atoms with van der Waals surface area (Å²) >= 11 is 1.46. The van der Waals surface area contributed by atoms with Crippen LogP contribution in [0.4, 0.5) is 5.13 Å². The average molecular weight is 364 g/mol. The van der Waals surface area contributed by atoms with Gasteiger partial charge in [-0.15, -0.1) is 10.2 Å². The maximum Gasteiger partial charge on any atom is 0.260 e. The third-order valence-electron chi connectivity index (χ3n) is 4.75. The number of carbonyl (C=O) groups excluding carboxylic acids is 1. The number of rotatable bonds is 4. The molecule has 0 aliphatic heterocycles. The molecule has 0 spiro atoms. The van der Waals surface area contributed by atoms with Gasteiger partial charge in [-0.05, 0) is 44.0 Å². The molecule has 26 heavy (non-hydrogen) atoms. The van der Waals surface area contributed by atoms with Crippen LogP contribution in [0.3, 0.4) is 0 Å². The molecule has 0 N–H and O–H groups in total. The highest BCUT2D eigenvalue weighted by molar-refractivity contribution is 7.18. The smallest absolute Gasteiger partial charge is 0.260 e. The van der Waals surface area contributed by atoms with Crippen LogP contribution in [0.15, 0.2) is 48.8 Å². The molecule has 0 radical (unpaired) electrons. The Morgan fingerprint density at radius 3 is 2.42 bits per heavy atom. The fourth-order valence-electron chi connectivity index (χ4n) is 3.33. The Labute approximate surface area is 156 Å². The summed E-state index contributed by atoms with van der Waals surface area (Å²) in [5.41, 5.74) is 2.81. The van der Waals surface area contributed by atoms with Gasteiger partial charge >= 0.3 is 0 Å². The summed E-state index contributed by atoms with van der Waals surface area (Å²) in [4.78, 5) is 19.1. The number of carbonyl (C=O) groups is 1. The first-order valence-electron chi connectivity index (χ1n) is 8.86. The number of hydrogen-bond acceptors (Lipinski definition) is 5. The molecule has 1 aliphatic carbocycles. The fraction of sp³-hybridized carbons (Fsp3) is 0.300. The molecule has 1 aliphatic rings. The summed E-state index contributed by atoms with van der Waals surface area (Å²) in [6.07, 6.45) is 7.81. The molecule has 2 heterocycles. The van der Waals surface area contributed by atoms with Gasteiger partial charge in [0.05, 0.1) is 0 Å². The number of anilines is 1. The molecule has 1 saturated carbocycles. The van der Waals surface area contributed by atoms with Crippen molar-refractivity contribution in [1.82, 2.24) is 15.2 Å². The summed E-state index contributed by atoms with van der Waals surface area (Å²) in [6.45, 7) is 2.02. The van der Waals surface area contributed by atoms with Crippen LogP contribution in [0.2, 0.25) is 0 Å². The van der Waals surface area contributed by atoms with Crippen LogP contribution >= 0.6 is 11.3 Å². The molecule has 1 fully saturated rings. The summed E-state index contributed by atoms with van der Waals surface area (Å²) < 4.78 is 0. The molecular formula is C20H20N4OS. The van der Waals surface area contributed by atoms with Gasteiger partial charge in [-0.1, -0.05) is 41.9 Å². The predicted octanol–water partition coefficient (Wildman–Crippen LogP) is 4.50. The zero-order valence-corrected chi connectivity index (χ0v) is 15.4. The highest BCUT2D eigenvalue weighted by atomic mass is 32.1. The number of pyridine rings is 1. The molecular weight excluding hydrogens is 344 g/mol. The lowest BCUT2D eigenvalue weighted by Crippen LogP contribution is -2.39. The minimum absolute atomic E-state index is 0.00864. The second-order valence-electron chi connectivity index (χ2n) is 6.61. The van der Waals surface area contributed by atoms with Gasteiger partial charge in [0.1, 0.15) is 5.01 Å². The van der Waals surface area contributed by atoms with Crippen molar-refractivity contribution in [3.05, 3.63) is 59.9 Å². The van der Waals surface area contributed by atoms with E-state index in [0.29, 0.717) is 10.7 Å². The van der Waals surface area contributed by atoms with E-state index >= 15 is 0 Å². The maximum atomic E-state index is 13.2. The fourth-order valence-corrected chi connectivity index (χ4v) is 4.25. The Balaban J connectivity index is 1.69. The molecule has 4 rings (SSSR count). The van der Waals surface area contributed by atoms with E-state index in [0.717, 1.165) is 41.8 Å². The van der Waals surface area contributed by atoms with Crippen LogP contribution in [0.5, 0.6) is 0 Å². The molecule has 1 amide bonds. The number of hydrogen-bond donors (Lipinski definition) is 0. The lowest BCUT2D eigenvalue weighted by molar-refractivity contribution is 0.0976. The Morgan fingerprint density at radius 1 is 1.04 bits per heavy atom. The molecule has 0 bridgehead atoms. The van der Waals surface area contributed by atoms with Gasteiger partial charge < -0.3 is 0 Å². The first-order chi connectivity index (χ1) is 12.7. The summed E-state index contributed by atoms with van der Waals surface area (Å²) in [7, 11) is 0. The number of aryl methyl sites for hydroxylation is 1. The minimum atomic E-state index is 0.00864. The van der Waals surface area contributed by atoms with Gasteiger partial charge in [-0.3, -0.25) is 14.7 Å². The maximum absolute atomic E-state index is 13.2. The summed E-state index contributed by atoms with van der Waals surface area (Å²) in [5.74, 6) is 0.00864. The minimum Gasteiger partial charge on any atom is -0.279 e. The van der Waals surface area contributed by atoms with Crippen LogP contribution in [-0.2, 0) is 0 Å². The zero-order valence-electron chi connectivity index (χ0n) is 14.6. The van der Waals surface area contributed by atoms with Gasteiger partial charge in [0.15, 0.2) is 0 Å². The Morgan fingerprint density at radius 2 is 1.73 bits per heavy atom. The molecule has 0 unspecified atom stereocenters. The van der Waals surface area contributed by atoms with E-state index in [-0.39, 0.29) is 11.9 Å². The van der Waals surface area contributed by atoms with Gasteiger partial charge in [0, 0.05) is 29.6 Å². The van der Waals surface area contributed by atoms with Gasteiger partial charge in [0.2, 0.25) is 5.13 Å². The number of amides is 1. The first-order valence-corrected chi connectivity index (χ1v) is 9.68. The van der Waals surface area contributed by atoms with E-state index < -0.39 is 0 Å². The largest absolute Gasteiger partial charge is 0.279 e. The van der Waals surface area contributed by atoms with E-state index in [9.17, 15) is 4.79 Å². The second kappa shape index (κ2) is 7.33. The SMILES string of the molecule is Cc1ccc(C(=O)N(c2nnc(-c3ccncc3)s2)C2CCCC2)cc1. The van der Waals surface area contributed by atoms with Crippen LogP contribution in [-0.4, -0.2) is 27.1 Å². The van der Waals surface area contributed by atoms with E-state index in [1.807, 2.05) is 48.2 Å². The molecule has 132 valence electrons. The lowest BCUT2D eigenvalue weighted by atomic mass is 10.1. The van der Waals surface area contributed by atoms with Crippen LogP contribution < -0.4 is 4.90 Å². The quantitative estimate of drug-likeness (QED) is 0.684. The number of aromatic nitrogens is 3.